The number of benzene rings is 1. The fourth-order valence-electron chi connectivity index (χ4n) is 2.33. The molecule has 0 saturated heterocycles. The van der Waals surface area contributed by atoms with E-state index in [1.807, 2.05) is 26.0 Å². The summed E-state index contributed by atoms with van der Waals surface area (Å²) < 4.78 is 27.8. The lowest BCUT2D eigenvalue weighted by Crippen LogP contribution is -2.29. The summed E-state index contributed by atoms with van der Waals surface area (Å²) in [6.45, 7) is 6.76. The van der Waals surface area contributed by atoms with E-state index in [1.165, 1.54) is 0 Å². The zero-order valence-electron chi connectivity index (χ0n) is 12.4. The van der Waals surface area contributed by atoms with Gasteiger partial charge < -0.3 is 5.32 Å². The monoisotopic (exact) mass is 296 g/mol. The van der Waals surface area contributed by atoms with Crippen LogP contribution in [-0.2, 0) is 16.6 Å². The maximum Gasteiger partial charge on any atom is 0.241 e. The van der Waals surface area contributed by atoms with E-state index in [4.69, 9.17) is 0 Å². The highest BCUT2D eigenvalue weighted by atomic mass is 32.2. The summed E-state index contributed by atoms with van der Waals surface area (Å²) in [5.74, 6) is 0.505. The Morgan fingerprint density at radius 3 is 2.60 bits per heavy atom. The van der Waals surface area contributed by atoms with E-state index in [1.54, 1.807) is 12.1 Å². The van der Waals surface area contributed by atoms with Gasteiger partial charge in [0.15, 0.2) is 0 Å². The zero-order chi connectivity index (χ0) is 14.8. The highest BCUT2D eigenvalue weighted by Gasteiger charge is 2.38. The van der Waals surface area contributed by atoms with Crippen LogP contribution in [0.2, 0.25) is 0 Å². The third-order valence-corrected chi connectivity index (χ3v) is 5.31. The average Bonchev–Trinajstić information content (AvgIpc) is 3.14. The molecule has 0 bridgehead atoms. The molecule has 2 atom stereocenters. The minimum Gasteiger partial charge on any atom is -0.310 e. The van der Waals surface area contributed by atoms with E-state index < -0.39 is 10.0 Å². The Morgan fingerprint density at radius 1 is 1.30 bits per heavy atom. The SMILES string of the molecule is CCC1CC1NS(=O)(=O)c1ccccc1CNC(C)C. The minimum absolute atomic E-state index is 0.121. The van der Waals surface area contributed by atoms with Gasteiger partial charge in [0.05, 0.1) is 4.90 Å². The molecule has 0 radical (unpaired) electrons. The smallest absolute Gasteiger partial charge is 0.241 e. The average molecular weight is 296 g/mol. The Morgan fingerprint density at radius 2 is 2.00 bits per heavy atom. The molecule has 5 heteroatoms. The van der Waals surface area contributed by atoms with Gasteiger partial charge in [-0.05, 0) is 24.0 Å². The zero-order valence-corrected chi connectivity index (χ0v) is 13.2. The van der Waals surface area contributed by atoms with Crippen molar-refractivity contribution >= 4 is 10.0 Å². The van der Waals surface area contributed by atoms with Crippen LogP contribution in [0.1, 0.15) is 39.2 Å². The number of hydrogen-bond acceptors (Lipinski definition) is 3. The van der Waals surface area contributed by atoms with Gasteiger partial charge in [-0.1, -0.05) is 45.4 Å². The number of rotatable bonds is 7. The first-order valence-corrected chi connectivity index (χ1v) is 8.76. The molecular weight excluding hydrogens is 272 g/mol. The number of hydrogen-bond donors (Lipinski definition) is 2. The quantitative estimate of drug-likeness (QED) is 0.811. The molecule has 1 aromatic carbocycles. The van der Waals surface area contributed by atoms with Gasteiger partial charge in [0.1, 0.15) is 0 Å². The molecular formula is C15H24N2O2S. The molecule has 0 heterocycles. The Hall–Kier alpha value is -0.910. The van der Waals surface area contributed by atoms with Crippen LogP contribution in [0.5, 0.6) is 0 Å². The predicted octanol–water partition coefficient (Wildman–Crippen LogP) is 2.26. The second kappa shape index (κ2) is 6.24. The molecule has 2 N–H and O–H groups in total. The van der Waals surface area contributed by atoms with E-state index >= 15 is 0 Å². The Bertz CT molecular complexity index is 555. The topological polar surface area (TPSA) is 58.2 Å². The standard InChI is InChI=1S/C15H24N2O2S/c1-4-12-9-14(12)17-20(18,19)15-8-6-5-7-13(15)10-16-11(2)3/h5-8,11-12,14,16-17H,4,9-10H2,1-3H3. The van der Waals surface area contributed by atoms with Crippen molar-refractivity contribution in [3.63, 3.8) is 0 Å². The normalized spacial score (nSPS) is 22.2. The predicted molar refractivity (Wildman–Crippen MR) is 80.9 cm³/mol. The first-order valence-electron chi connectivity index (χ1n) is 7.27. The van der Waals surface area contributed by atoms with Crippen molar-refractivity contribution in [2.24, 2.45) is 5.92 Å². The Balaban J connectivity index is 2.14. The second-order valence-corrected chi connectivity index (χ2v) is 7.46. The molecule has 1 aliphatic rings. The number of nitrogens with one attached hydrogen (secondary N) is 2. The fraction of sp³-hybridized carbons (Fsp3) is 0.600. The summed E-state index contributed by atoms with van der Waals surface area (Å²) in [4.78, 5) is 0.398. The highest BCUT2D eigenvalue weighted by Crippen LogP contribution is 2.34. The van der Waals surface area contributed by atoms with E-state index in [2.05, 4.69) is 17.0 Å². The van der Waals surface area contributed by atoms with E-state index in [0.717, 1.165) is 18.4 Å². The lowest BCUT2D eigenvalue weighted by molar-refractivity contribution is 0.564. The van der Waals surface area contributed by atoms with Gasteiger partial charge in [-0.3, -0.25) is 0 Å². The van der Waals surface area contributed by atoms with Crippen molar-refractivity contribution in [2.45, 2.75) is 57.1 Å². The van der Waals surface area contributed by atoms with Gasteiger partial charge in [-0.25, -0.2) is 13.1 Å². The summed E-state index contributed by atoms with van der Waals surface area (Å²) >= 11 is 0. The molecule has 4 nitrogen and oxygen atoms in total. The molecule has 2 rings (SSSR count). The van der Waals surface area contributed by atoms with Gasteiger partial charge in [0.2, 0.25) is 10.0 Å². The van der Waals surface area contributed by atoms with Gasteiger partial charge in [-0.2, -0.15) is 0 Å². The molecule has 1 saturated carbocycles. The van der Waals surface area contributed by atoms with E-state index in [0.29, 0.717) is 23.4 Å². The largest absolute Gasteiger partial charge is 0.310 e. The lowest BCUT2D eigenvalue weighted by atomic mass is 10.2. The molecule has 1 aromatic rings. The summed E-state index contributed by atoms with van der Waals surface area (Å²) in [6, 6.07) is 7.65. The van der Waals surface area contributed by atoms with Crippen LogP contribution >= 0.6 is 0 Å². The van der Waals surface area contributed by atoms with Crippen LogP contribution in [0.25, 0.3) is 0 Å². The van der Waals surface area contributed by atoms with Crippen LogP contribution in [-0.4, -0.2) is 20.5 Å². The Kier molecular flexibility index (Phi) is 4.83. The molecule has 1 fully saturated rings. The molecule has 0 aromatic heterocycles. The minimum atomic E-state index is -3.41. The summed E-state index contributed by atoms with van der Waals surface area (Å²) in [5, 5.41) is 3.27. The molecule has 0 spiro atoms. The van der Waals surface area contributed by atoms with Gasteiger partial charge in [0.25, 0.3) is 0 Å². The highest BCUT2D eigenvalue weighted by molar-refractivity contribution is 7.89. The third-order valence-electron chi connectivity index (χ3n) is 3.72. The number of sulfonamides is 1. The first-order chi connectivity index (χ1) is 9.44. The maximum atomic E-state index is 12.5. The van der Waals surface area contributed by atoms with E-state index in [9.17, 15) is 8.42 Å². The van der Waals surface area contributed by atoms with Gasteiger partial charge in [0, 0.05) is 18.6 Å². The van der Waals surface area contributed by atoms with Crippen LogP contribution < -0.4 is 10.0 Å². The molecule has 20 heavy (non-hydrogen) atoms. The van der Waals surface area contributed by atoms with Crippen molar-refractivity contribution in [3.05, 3.63) is 29.8 Å². The van der Waals surface area contributed by atoms with Crippen molar-refractivity contribution in [2.75, 3.05) is 0 Å². The molecule has 2 unspecified atom stereocenters. The molecule has 0 aliphatic heterocycles. The summed E-state index contributed by atoms with van der Waals surface area (Å²) in [5.41, 5.74) is 0.822. The fourth-order valence-corrected chi connectivity index (χ4v) is 3.89. The second-order valence-electron chi connectivity index (χ2n) is 5.78. The van der Waals surface area contributed by atoms with Crippen molar-refractivity contribution < 1.29 is 8.42 Å². The Labute approximate surface area is 122 Å². The van der Waals surface area contributed by atoms with Gasteiger partial charge >= 0.3 is 0 Å². The molecule has 1 aliphatic carbocycles. The maximum absolute atomic E-state index is 12.5. The lowest BCUT2D eigenvalue weighted by Gasteiger charge is -2.13. The van der Waals surface area contributed by atoms with Crippen LogP contribution in [0.3, 0.4) is 0 Å². The first kappa shape index (κ1) is 15.5. The van der Waals surface area contributed by atoms with Crippen LogP contribution in [0, 0.1) is 5.92 Å². The van der Waals surface area contributed by atoms with Crippen LogP contribution in [0.15, 0.2) is 29.2 Å². The third kappa shape index (κ3) is 3.81. The van der Waals surface area contributed by atoms with E-state index in [-0.39, 0.29) is 6.04 Å². The van der Waals surface area contributed by atoms with Gasteiger partial charge in [-0.15, -0.1) is 0 Å². The molecule has 0 amide bonds. The van der Waals surface area contributed by atoms with Crippen molar-refractivity contribution in [1.29, 1.82) is 0 Å². The summed E-state index contributed by atoms with van der Waals surface area (Å²) in [6.07, 6.45) is 1.99. The summed E-state index contributed by atoms with van der Waals surface area (Å²) in [7, 11) is -3.41. The van der Waals surface area contributed by atoms with Crippen molar-refractivity contribution in [1.82, 2.24) is 10.0 Å². The molecule has 112 valence electrons. The van der Waals surface area contributed by atoms with Crippen molar-refractivity contribution in [3.8, 4) is 0 Å². The van der Waals surface area contributed by atoms with Crippen LogP contribution in [0.4, 0.5) is 0 Å².